The molecule has 0 fully saturated rings. The van der Waals surface area contributed by atoms with Crippen LogP contribution in [0.1, 0.15) is 11.1 Å². The molecule has 4 bridgehead atoms. The molecule has 0 radical (unpaired) electrons. The number of benzene rings is 2. The molecule has 7 N–H and O–H groups in total. The highest BCUT2D eigenvalue weighted by Crippen LogP contribution is 2.37. The van der Waals surface area contributed by atoms with Gasteiger partial charge in [0.25, 0.3) is 0 Å². The predicted molar refractivity (Wildman–Crippen MR) is 92.6 cm³/mol. The maximum absolute atomic E-state index is 10.2. The highest BCUT2D eigenvalue weighted by Gasteiger charge is 2.34. The van der Waals surface area contributed by atoms with Crippen molar-refractivity contribution in [3.05, 3.63) is 47.5 Å². The Balaban J connectivity index is 2.14. The van der Waals surface area contributed by atoms with E-state index in [0.717, 1.165) is 0 Å². The summed E-state index contributed by atoms with van der Waals surface area (Å²) in [5.41, 5.74) is 1.77. The monoisotopic (exact) mass is 362 g/mol. The molecular weight excluding hydrogens is 340 g/mol. The zero-order valence-corrected chi connectivity index (χ0v) is 13.9. The Hall–Kier alpha value is -2.16. The summed E-state index contributed by atoms with van der Waals surface area (Å²) in [5.74, 6) is -0.154. The van der Waals surface area contributed by atoms with Crippen molar-refractivity contribution in [1.29, 1.82) is 0 Å². The lowest BCUT2D eigenvalue weighted by molar-refractivity contribution is -0.133. The van der Waals surface area contributed by atoms with Gasteiger partial charge in [-0.1, -0.05) is 12.1 Å². The first-order chi connectivity index (χ1) is 12.3. The maximum atomic E-state index is 10.2. The topological polar surface area (TPSA) is 142 Å². The molecule has 3 rings (SSSR count). The normalized spacial score (nSPS) is 29.3. The van der Waals surface area contributed by atoms with E-state index in [-0.39, 0.29) is 24.3 Å². The SMILES string of the molecule is Oc1ccc2cc1-c1cc(ccc1O)C[C@H](O)[C@H](O)C(O)C(O)[C@H](O)C2. The Labute approximate surface area is 150 Å². The van der Waals surface area contributed by atoms with E-state index in [4.69, 9.17) is 0 Å². The summed E-state index contributed by atoms with van der Waals surface area (Å²) in [6, 6.07) is 9.06. The van der Waals surface area contributed by atoms with Gasteiger partial charge in [-0.05, 0) is 35.4 Å². The van der Waals surface area contributed by atoms with Gasteiger partial charge in [-0.25, -0.2) is 0 Å². The van der Waals surface area contributed by atoms with Crippen molar-refractivity contribution >= 4 is 0 Å². The Morgan fingerprint density at radius 3 is 1.35 bits per heavy atom. The molecule has 0 spiro atoms. The number of phenols is 2. The average molecular weight is 362 g/mol. The Kier molecular flexibility index (Phi) is 5.17. The molecule has 7 heteroatoms. The molecule has 2 aromatic rings. The molecule has 2 aromatic carbocycles. The van der Waals surface area contributed by atoms with Gasteiger partial charge in [0.05, 0.1) is 12.2 Å². The lowest BCUT2D eigenvalue weighted by Gasteiger charge is -2.29. The fourth-order valence-corrected chi connectivity index (χ4v) is 3.23. The number of hydrogen-bond acceptors (Lipinski definition) is 7. The van der Waals surface area contributed by atoms with Gasteiger partial charge < -0.3 is 35.7 Å². The molecule has 0 aromatic heterocycles. The number of aliphatic hydroxyl groups excluding tert-OH is 5. The zero-order chi connectivity index (χ0) is 19.0. The number of rotatable bonds is 0. The van der Waals surface area contributed by atoms with Crippen LogP contribution in [-0.4, -0.2) is 66.3 Å². The lowest BCUT2D eigenvalue weighted by Crippen LogP contribution is -2.50. The summed E-state index contributed by atoms with van der Waals surface area (Å²) in [5, 5.41) is 71.0. The molecular formula is C19H22O7. The summed E-state index contributed by atoms with van der Waals surface area (Å²) in [7, 11) is 0. The molecule has 5 atom stereocenters. The third-order valence-electron chi connectivity index (χ3n) is 4.79. The van der Waals surface area contributed by atoms with Crippen LogP contribution in [0.2, 0.25) is 0 Å². The molecule has 1 aliphatic rings. The first kappa shape index (κ1) is 18.6. The van der Waals surface area contributed by atoms with Crippen LogP contribution in [-0.2, 0) is 12.8 Å². The van der Waals surface area contributed by atoms with Crippen LogP contribution in [0.25, 0.3) is 11.1 Å². The van der Waals surface area contributed by atoms with E-state index in [1.807, 2.05) is 0 Å². The van der Waals surface area contributed by atoms with Crippen LogP contribution in [0.15, 0.2) is 36.4 Å². The van der Waals surface area contributed by atoms with E-state index in [1.54, 1.807) is 24.3 Å². The summed E-state index contributed by atoms with van der Waals surface area (Å²) < 4.78 is 0. The molecule has 1 aliphatic carbocycles. The number of fused-ring (bicyclic) bond motifs is 5. The van der Waals surface area contributed by atoms with Crippen molar-refractivity contribution in [2.24, 2.45) is 0 Å². The minimum atomic E-state index is -1.74. The smallest absolute Gasteiger partial charge is 0.123 e. The van der Waals surface area contributed by atoms with Gasteiger partial charge in [0.1, 0.15) is 29.8 Å². The third kappa shape index (κ3) is 3.53. The van der Waals surface area contributed by atoms with E-state index < -0.39 is 30.5 Å². The molecule has 2 unspecified atom stereocenters. The van der Waals surface area contributed by atoms with E-state index in [9.17, 15) is 35.7 Å². The molecule has 140 valence electrons. The molecule has 0 saturated heterocycles. The van der Waals surface area contributed by atoms with E-state index in [2.05, 4.69) is 0 Å². The second kappa shape index (κ2) is 7.22. The summed E-state index contributed by atoms with van der Waals surface area (Å²) in [4.78, 5) is 0. The molecule has 26 heavy (non-hydrogen) atoms. The minimum Gasteiger partial charge on any atom is -0.507 e. The average Bonchev–Trinajstić information content (AvgIpc) is 2.62. The van der Waals surface area contributed by atoms with Gasteiger partial charge in [0.2, 0.25) is 0 Å². The Bertz CT molecular complexity index is 726. The van der Waals surface area contributed by atoms with Crippen molar-refractivity contribution < 1.29 is 35.7 Å². The third-order valence-corrected chi connectivity index (χ3v) is 4.79. The minimum absolute atomic E-state index is 0.0607. The number of hydrogen-bond donors (Lipinski definition) is 7. The van der Waals surface area contributed by atoms with Gasteiger partial charge in [-0.3, -0.25) is 0 Å². The van der Waals surface area contributed by atoms with Crippen LogP contribution < -0.4 is 0 Å². The quantitative estimate of drug-likeness (QED) is 0.340. The standard InChI is InChI=1S/C19H22O7/c20-13-3-1-9-5-11(13)12-6-10(2-4-14(12)21)8-16(23)18(25)19(26)17(24)15(22)7-9/h1-6,15-26H,7-8H2/t15-,16+,17-,18?,19?/m0/s1. The van der Waals surface area contributed by atoms with Crippen molar-refractivity contribution in [3.63, 3.8) is 0 Å². The van der Waals surface area contributed by atoms with Crippen LogP contribution in [0.4, 0.5) is 0 Å². The number of phenolic OH excluding ortho intramolecular Hbond substituents is 2. The van der Waals surface area contributed by atoms with E-state index in [1.165, 1.54) is 12.1 Å². The second-order valence-electron chi connectivity index (χ2n) is 6.72. The first-order valence-electron chi connectivity index (χ1n) is 8.32. The Morgan fingerprint density at radius 1 is 0.577 bits per heavy atom. The van der Waals surface area contributed by atoms with Crippen LogP contribution >= 0.6 is 0 Å². The largest absolute Gasteiger partial charge is 0.507 e. The van der Waals surface area contributed by atoms with E-state index >= 15 is 0 Å². The molecule has 0 heterocycles. The van der Waals surface area contributed by atoms with E-state index in [0.29, 0.717) is 22.3 Å². The van der Waals surface area contributed by atoms with Gasteiger partial charge in [0, 0.05) is 24.0 Å². The molecule has 0 aliphatic heterocycles. The fourth-order valence-electron chi connectivity index (χ4n) is 3.23. The van der Waals surface area contributed by atoms with Gasteiger partial charge in [-0.15, -0.1) is 0 Å². The second-order valence-corrected chi connectivity index (χ2v) is 6.72. The number of aliphatic hydroxyl groups is 5. The maximum Gasteiger partial charge on any atom is 0.123 e. The van der Waals surface area contributed by atoms with Crippen LogP contribution in [0.5, 0.6) is 11.5 Å². The number of aromatic hydroxyl groups is 2. The fraction of sp³-hybridized carbons (Fsp3) is 0.368. The van der Waals surface area contributed by atoms with Crippen molar-refractivity contribution in [2.45, 2.75) is 43.4 Å². The highest BCUT2D eigenvalue weighted by atomic mass is 16.4. The van der Waals surface area contributed by atoms with Crippen LogP contribution in [0, 0.1) is 0 Å². The van der Waals surface area contributed by atoms with Crippen molar-refractivity contribution in [2.75, 3.05) is 0 Å². The van der Waals surface area contributed by atoms with Gasteiger partial charge in [-0.2, -0.15) is 0 Å². The van der Waals surface area contributed by atoms with Crippen molar-refractivity contribution in [1.82, 2.24) is 0 Å². The molecule has 0 saturated carbocycles. The first-order valence-corrected chi connectivity index (χ1v) is 8.32. The van der Waals surface area contributed by atoms with Gasteiger partial charge >= 0.3 is 0 Å². The summed E-state index contributed by atoms with van der Waals surface area (Å²) in [6.45, 7) is 0. The lowest BCUT2D eigenvalue weighted by atomic mass is 9.93. The summed E-state index contributed by atoms with van der Waals surface area (Å²) in [6.07, 6.45) is -8.01. The molecule has 0 amide bonds. The zero-order valence-electron chi connectivity index (χ0n) is 13.9. The Morgan fingerprint density at radius 2 is 0.962 bits per heavy atom. The summed E-state index contributed by atoms with van der Waals surface area (Å²) >= 11 is 0. The molecule has 7 nitrogen and oxygen atoms in total. The van der Waals surface area contributed by atoms with Gasteiger partial charge in [0.15, 0.2) is 0 Å². The van der Waals surface area contributed by atoms with Crippen molar-refractivity contribution in [3.8, 4) is 22.6 Å². The highest BCUT2D eigenvalue weighted by molar-refractivity contribution is 5.76. The predicted octanol–water partition coefficient (Wildman–Crippen LogP) is -0.332. The van der Waals surface area contributed by atoms with Crippen LogP contribution in [0.3, 0.4) is 0 Å².